The van der Waals surface area contributed by atoms with Crippen LogP contribution in [0.4, 0.5) is 0 Å². The number of carbonyl (C=O) groups excluding carboxylic acids is 2. The van der Waals surface area contributed by atoms with Crippen LogP contribution in [0.5, 0.6) is 5.75 Å². The Morgan fingerprint density at radius 1 is 0.909 bits per heavy atom. The van der Waals surface area contributed by atoms with Crippen LogP contribution < -0.4 is 0 Å². The molecule has 172 valence electrons. The van der Waals surface area contributed by atoms with Crippen molar-refractivity contribution < 1.29 is 24.2 Å². The average molecular weight is 447 g/mol. The molecule has 3 aliphatic carbocycles. The molecule has 2 aromatic carbocycles. The normalized spacial score (nSPS) is 30.4. The van der Waals surface area contributed by atoms with E-state index in [1.54, 1.807) is 18.2 Å². The van der Waals surface area contributed by atoms with Crippen LogP contribution in [0.3, 0.4) is 0 Å². The van der Waals surface area contributed by atoms with E-state index in [2.05, 4.69) is 20.8 Å². The van der Waals surface area contributed by atoms with Crippen molar-refractivity contribution in [2.24, 2.45) is 16.7 Å². The number of benzene rings is 2. The van der Waals surface area contributed by atoms with Gasteiger partial charge in [-0.05, 0) is 59.3 Å². The first-order chi connectivity index (χ1) is 15.7. The van der Waals surface area contributed by atoms with Gasteiger partial charge in [0.1, 0.15) is 5.75 Å². The summed E-state index contributed by atoms with van der Waals surface area (Å²) in [5.41, 5.74) is 3.40. The number of hydrogen-bond acceptors (Lipinski definition) is 5. The monoisotopic (exact) mass is 446 g/mol. The lowest BCUT2D eigenvalue weighted by molar-refractivity contribution is -0.132. The molecule has 0 amide bonds. The van der Waals surface area contributed by atoms with Gasteiger partial charge in [0.25, 0.3) is 0 Å². The number of phenols is 1. The summed E-state index contributed by atoms with van der Waals surface area (Å²) >= 11 is 0. The summed E-state index contributed by atoms with van der Waals surface area (Å²) < 4.78 is 12.2. The summed E-state index contributed by atoms with van der Waals surface area (Å²) in [5.74, 6) is -0.262. The Labute approximate surface area is 194 Å². The smallest absolute Gasteiger partial charge is 0.198 e. The molecule has 0 aromatic heterocycles. The van der Waals surface area contributed by atoms with Gasteiger partial charge in [-0.1, -0.05) is 45.4 Å². The molecule has 0 radical (unpaired) electrons. The van der Waals surface area contributed by atoms with Crippen molar-refractivity contribution in [1.82, 2.24) is 0 Å². The molecule has 2 fully saturated rings. The topological polar surface area (TPSA) is 72.8 Å². The maximum Gasteiger partial charge on any atom is 0.198 e. The van der Waals surface area contributed by atoms with Gasteiger partial charge in [-0.3, -0.25) is 9.59 Å². The molecule has 1 aliphatic heterocycles. The van der Waals surface area contributed by atoms with Crippen LogP contribution in [0.15, 0.2) is 30.3 Å². The predicted molar refractivity (Wildman–Crippen MR) is 123 cm³/mol. The van der Waals surface area contributed by atoms with Crippen LogP contribution in [-0.2, 0) is 15.9 Å². The van der Waals surface area contributed by atoms with E-state index in [-0.39, 0.29) is 51.5 Å². The van der Waals surface area contributed by atoms with Gasteiger partial charge in [0, 0.05) is 22.6 Å². The summed E-state index contributed by atoms with van der Waals surface area (Å²) in [5, 5.41) is 10.5. The van der Waals surface area contributed by atoms with Gasteiger partial charge in [0.15, 0.2) is 17.9 Å². The fourth-order valence-electron chi connectivity index (χ4n) is 7.50. The van der Waals surface area contributed by atoms with Crippen LogP contribution in [-0.4, -0.2) is 36.2 Å². The lowest BCUT2D eigenvalue weighted by atomic mass is 9.47. The second-order valence-corrected chi connectivity index (χ2v) is 11.1. The molecular formula is C28H30O5. The average Bonchev–Trinajstić information content (AvgIpc) is 3.29. The molecule has 2 aromatic rings. The van der Waals surface area contributed by atoms with Crippen molar-refractivity contribution in [3.63, 3.8) is 0 Å². The van der Waals surface area contributed by atoms with E-state index in [4.69, 9.17) is 9.47 Å². The van der Waals surface area contributed by atoms with Gasteiger partial charge in [-0.2, -0.15) is 0 Å². The van der Waals surface area contributed by atoms with Crippen molar-refractivity contribution in [3.05, 3.63) is 63.7 Å². The van der Waals surface area contributed by atoms with Crippen LogP contribution in [0.1, 0.15) is 88.9 Å². The quantitative estimate of drug-likeness (QED) is 0.569. The van der Waals surface area contributed by atoms with E-state index in [0.717, 1.165) is 36.8 Å². The zero-order valence-electron chi connectivity index (χ0n) is 19.4. The van der Waals surface area contributed by atoms with Gasteiger partial charge in [0.05, 0.1) is 18.8 Å². The second-order valence-electron chi connectivity index (χ2n) is 11.1. The third-order valence-corrected chi connectivity index (χ3v) is 8.98. The molecule has 0 unspecified atom stereocenters. The molecule has 6 rings (SSSR count). The van der Waals surface area contributed by atoms with E-state index in [1.807, 2.05) is 6.07 Å². The van der Waals surface area contributed by atoms with Crippen molar-refractivity contribution in [3.8, 4) is 5.75 Å². The highest BCUT2D eigenvalue weighted by Crippen LogP contribution is 2.63. The van der Waals surface area contributed by atoms with Crippen LogP contribution in [0.25, 0.3) is 0 Å². The predicted octanol–water partition coefficient (Wildman–Crippen LogP) is 5.01. The standard InChI is InChI=1S/C28H30O5/c1-27(2)10-5-11-28(3)20(27)14-18-15(23(28)26-32-12-13-33-26)8-9-17-21(18)25(31)22-16(24(17)30)6-4-7-19(22)29/h4,6-9,20,23,26,29H,5,10-14H2,1-3H3/t20-,23+,28-/m0/s1. The van der Waals surface area contributed by atoms with Crippen molar-refractivity contribution in [2.45, 2.75) is 58.7 Å². The number of ketones is 2. The Balaban J connectivity index is 1.60. The maximum atomic E-state index is 13.8. The van der Waals surface area contributed by atoms with Crippen molar-refractivity contribution in [1.29, 1.82) is 0 Å². The Hall–Kier alpha value is -2.50. The minimum atomic E-state index is -0.349. The van der Waals surface area contributed by atoms with Crippen LogP contribution in [0, 0.1) is 16.7 Å². The Bertz CT molecular complexity index is 1190. The number of rotatable bonds is 1. The number of aromatic hydroxyl groups is 1. The van der Waals surface area contributed by atoms with E-state index in [9.17, 15) is 14.7 Å². The lowest BCUT2D eigenvalue weighted by Crippen LogP contribution is -2.52. The SMILES string of the molecule is CC1(C)CCC[C@]2(C)[C@@H](C3OCCO3)c3ccc4c(c3C[C@@H]12)C(=O)c1c(O)cccc1C4=O. The van der Waals surface area contributed by atoms with Crippen molar-refractivity contribution in [2.75, 3.05) is 13.2 Å². The molecule has 0 spiro atoms. The fraction of sp³-hybridized carbons (Fsp3) is 0.500. The Morgan fingerprint density at radius 2 is 1.64 bits per heavy atom. The Morgan fingerprint density at radius 3 is 2.39 bits per heavy atom. The second kappa shape index (κ2) is 7.00. The van der Waals surface area contributed by atoms with E-state index in [0.29, 0.717) is 30.3 Å². The number of ether oxygens (including phenoxy) is 2. The zero-order valence-corrected chi connectivity index (χ0v) is 19.4. The number of fused-ring (bicyclic) bond motifs is 5. The van der Waals surface area contributed by atoms with Gasteiger partial charge < -0.3 is 14.6 Å². The molecular weight excluding hydrogens is 416 g/mol. The fourth-order valence-corrected chi connectivity index (χ4v) is 7.50. The Kier molecular flexibility index (Phi) is 4.47. The number of phenolic OH excluding ortho intramolecular Hbond substituents is 1. The molecule has 1 saturated heterocycles. The third-order valence-electron chi connectivity index (χ3n) is 8.98. The molecule has 33 heavy (non-hydrogen) atoms. The van der Waals surface area contributed by atoms with Gasteiger partial charge in [-0.15, -0.1) is 0 Å². The van der Waals surface area contributed by atoms with Gasteiger partial charge >= 0.3 is 0 Å². The third kappa shape index (κ3) is 2.79. The minimum absolute atomic E-state index is 0.00713. The van der Waals surface area contributed by atoms with E-state index < -0.39 is 0 Å². The van der Waals surface area contributed by atoms with E-state index in [1.165, 1.54) is 6.07 Å². The molecule has 1 saturated carbocycles. The summed E-state index contributed by atoms with van der Waals surface area (Å²) in [6, 6.07) is 8.56. The molecule has 0 bridgehead atoms. The van der Waals surface area contributed by atoms with Gasteiger partial charge in [-0.25, -0.2) is 0 Å². The number of hydrogen-bond donors (Lipinski definition) is 1. The summed E-state index contributed by atoms with van der Waals surface area (Å²) in [4.78, 5) is 27.2. The molecule has 3 atom stereocenters. The molecule has 5 heteroatoms. The first-order valence-electron chi connectivity index (χ1n) is 12.0. The molecule has 4 aliphatic rings. The molecule has 1 heterocycles. The summed E-state index contributed by atoms with van der Waals surface area (Å²) in [7, 11) is 0. The lowest BCUT2D eigenvalue weighted by Gasteiger charge is -2.58. The van der Waals surface area contributed by atoms with Gasteiger partial charge in [0.2, 0.25) is 0 Å². The van der Waals surface area contributed by atoms with Crippen LogP contribution >= 0.6 is 0 Å². The molecule has 1 N–H and O–H groups in total. The maximum absolute atomic E-state index is 13.8. The summed E-state index contributed by atoms with van der Waals surface area (Å²) in [6.07, 6.45) is 3.77. The highest BCUT2D eigenvalue weighted by atomic mass is 16.7. The highest BCUT2D eigenvalue weighted by Gasteiger charge is 2.57. The zero-order chi connectivity index (χ0) is 23.1. The van der Waals surface area contributed by atoms with Crippen LogP contribution in [0.2, 0.25) is 0 Å². The highest BCUT2D eigenvalue weighted by molar-refractivity contribution is 6.29. The van der Waals surface area contributed by atoms with Crippen molar-refractivity contribution >= 4 is 11.6 Å². The first kappa shape index (κ1) is 21.1. The number of carbonyl (C=O) groups is 2. The molecule has 5 nitrogen and oxygen atoms in total. The largest absolute Gasteiger partial charge is 0.507 e. The summed E-state index contributed by atoms with van der Waals surface area (Å²) in [6.45, 7) is 8.17. The first-order valence-corrected chi connectivity index (χ1v) is 12.0. The minimum Gasteiger partial charge on any atom is -0.507 e. The van der Waals surface area contributed by atoms with E-state index >= 15 is 0 Å².